The third-order valence-corrected chi connectivity index (χ3v) is 4.98. The predicted octanol–water partition coefficient (Wildman–Crippen LogP) is 1.99. The molecule has 2 aromatic rings. The highest BCUT2D eigenvalue weighted by Gasteiger charge is 2.30. The van der Waals surface area contributed by atoms with Gasteiger partial charge in [-0.1, -0.05) is 36.4 Å². The molecular formula is C20H21N3O2. The van der Waals surface area contributed by atoms with E-state index in [1.54, 1.807) is 4.90 Å². The third-order valence-electron chi connectivity index (χ3n) is 4.98. The quantitative estimate of drug-likeness (QED) is 0.862. The van der Waals surface area contributed by atoms with Gasteiger partial charge in [-0.3, -0.25) is 9.59 Å². The normalized spacial score (nSPS) is 17.0. The topological polar surface area (TPSA) is 43.9 Å². The first-order chi connectivity index (χ1) is 12.2. The minimum atomic E-state index is -0.0353. The van der Waals surface area contributed by atoms with E-state index in [2.05, 4.69) is 17.0 Å². The van der Waals surface area contributed by atoms with Crippen molar-refractivity contribution < 1.29 is 9.59 Å². The molecule has 0 N–H and O–H groups in total. The van der Waals surface area contributed by atoms with Crippen molar-refractivity contribution in [2.45, 2.75) is 6.54 Å². The molecule has 2 aromatic carbocycles. The Kier molecular flexibility index (Phi) is 4.14. The molecule has 2 heterocycles. The van der Waals surface area contributed by atoms with Gasteiger partial charge in [0, 0.05) is 44.0 Å². The fourth-order valence-corrected chi connectivity index (χ4v) is 3.56. The molecule has 5 heteroatoms. The Labute approximate surface area is 147 Å². The van der Waals surface area contributed by atoms with Gasteiger partial charge in [-0.2, -0.15) is 0 Å². The smallest absolute Gasteiger partial charge is 0.254 e. The van der Waals surface area contributed by atoms with E-state index in [1.165, 1.54) is 5.69 Å². The second-order valence-electron chi connectivity index (χ2n) is 6.52. The highest BCUT2D eigenvalue weighted by Crippen LogP contribution is 2.22. The second kappa shape index (κ2) is 6.59. The Balaban J connectivity index is 1.34. The molecule has 0 saturated carbocycles. The van der Waals surface area contributed by atoms with E-state index in [1.807, 2.05) is 47.4 Å². The lowest BCUT2D eigenvalue weighted by atomic mass is 10.1. The number of amides is 2. The maximum Gasteiger partial charge on any atom is 0.254 e. The van der Waals surface area contributed by atoms with Crippen molar-refractivity contribution in [2.75, 3.05) is 37.6 Å². The maximum absolute atomic E-state index is 12.6. The number of hydrogen-bond donors (Lipinski definition) is 0. The van der Waals surface area contributed by atoms with Gasteiger partial charge in [0.05, 0.1) is 0 Å². The number of para-hydroxylation sites is 1. The summed E-state index contributed by atoms with van der Waals surface area (Å²) >= 11 is 0. The molecule has 0 aromatic heterocycles. The van der Waals surface area contributed by atoms with Crippen molar-refractivity contribution >= 4 is 17.5 Å². The highest BCUT2D eigenvalue weighted by molar-refractivity contribution is 6.00. The van der Waals surface area contributed by atoms with E-state index in [-0.39, 0.29) is 18.4 Å². The van der Waals surface area contributed by atoms with E-state index in [0.29, 0.717) is 19.6 Å². The van der Waals surface area contributed by atoms with Crippen LogP contribution in [0.25, 0.3) is 0 Å². The van der Waals surface area contributed by atoms with Crippen LogP contribution < -0.4 is 4.90 Å². The standard InChI is InChI=1S/C20H21N3O2/c24-19(15-23-14-16-6-4-5-9-18(16)20(23)25)22-12-10-21(11-13-22)17-7-2-1-3-8-17/h1-9H,10-15H2. The summed E-state index contributed by atoms with van der Waals surface area (Å²) in [6.07, 6.45) is 0. The summed E-state index contributed by atoms with van der Waals surface area (Å²) < 4.78 is 0. The minimum Gasteiger partial charge on any atom is -0.368 e. The number of carbonyl (C=O) groups excluding carboxylic acids is 2. The molecule has 2 amide bonds. The van der Waals surface area contributed by atoms with Gasteiger partial charge in [-0.15, -0.1) is 0 Å². The summed E-state index contributed by atoms with van der Waals surface area (Å²) in [5.41, 5.74) is 2.93. The lowest BCUT2D eigenvalue weighted by Gasteiger charge is -2.36. The number of nitrogens with zero attached hydrogens (tertiary/aromatic N) is 3. The number of anilines is 1. The van der Waals surface area contributed by atoms with E-state index in [0.717, 1.165) is 24.2 Å². The summed E-state index contributed by atoms with van der Waals surface area (Å²) in [6, 6.07) is 17.8. The molecule has 5 nitrogen and oxygen atoms in total. The molecule has 0 radical (unpaired) electrons. The number of carbonyl (C=O) groups is 2. The van der Waals surface area contributed by atoms with Gasteiger partial charge in [0.2, 0.25) is 5.91 Å². The van der Waals surface area contributed by atoms with Gasteiger partial charge in [-0.05, 0) is 23.8 Å². The Morgan fingerprint density at radius 2 is 1.56 bits per heavy atom. The van der Waals surface area contributed by atoms with Gasteiger partial charge in [0.15, 0.2) is 0 Å². The SMILES string of the molecule is O=C(CN1Cc2ccccc2C1=O)N1CCN(c2ccccc2)CC1. The van der Waals surface area contributed by atoms with Crippen molar-refractivity contribution in [3.05, 3.63) is 65.7 Å². The molecule has 1 fully saturated rings. The Morgan fingerprint density at radius 1 is 0.880 bits per heavy atom. The van der Waals surface area contributed by atoms with Crippen LogP contribution in [-0.4, -0.2) is 54.3 Å². The number of benzene rings is 2. The highest BCUT2D eigenvalue weighted by atomic mass is 16.2. The molecular weight excluding hydrogens is 314 g/mol. The molecule has 128 valence electrons. The monoisotopic (exact) mass is 335 g/mol. The number of hydrogen-bond acceptors (Lipinski definition) is 3. The average molecular weight is 335 g/mol. The fraction of sp³-hybridized carbons (Fsp3) is 0.300. The van der Waals surface area contributed by atoms with Crippen LogP contribution in [0.3, 0.4) is 0 Å². The zero-order valence-corrected chi connectivity index (χ0v) is 14.1. The van der Waals surface area contributed by atoms with Crippen LogP contribution in [0.5, 0.6) is 0 Å². The number of rotatable bonds is 3. The Hall–Kier alpha value is -2.82. The van der Waals surface area contributed by atoms with Crippen LogP contribution >= 0.6 is 0 Å². The maximum atomic E-state index is 12.6. The van der Waals surface area contributed by atoms with Gasteiger partial charge >= 0.3 is 0 Å². The van der Waals surface area contributed by atoms with Crippen LogP contribution in [0.15, 0.2) is 54.6 Å². The van der Waals surface area contributed by atoms with Crippen molar-refractivity contribution in [1.29, 1.82) is 0 Å². The molecule has 2 aliphatic rings. The van der Waals surface area contributed by atoms with Crippen molar-refractivity contribution in [1.82, 2.24) is 9.80 Å². The van der Waals surface area contributed by atoms with Crippen LogP contribution in [0.1, 0.15) is 15.9 Å². The van der Waals surface area contributed by atoms with Crippen LogP contribution in [0.4, 0.5) is 5.69 Å². The van der Waals surface area contributed by atoms with Gasteiger partial charge in [0.1, 0.15) is 6.54 Å². The third kappa shape index (κ3) is 3.09. The van der Waals surface area contributed by atoms with Gasteiger partial charge in [-0.25, -0.2) is 0 Å². The van der Waals surface area contributed by atoms with Gasteiger partial charge in [0.25, 0.3) is 5.91 Å². The summed E-state index contributed by atoms with van der Waals surface area (Å²) in [4.78, 5) is 30.8. The van der Waals surface area contributed by atoms with Crippen molar-refractivity contribution in [2.24, 2.45) is 0 Å². The second-order valence-corrected chi connectivity index (χ2v) is 6.52. The first kappa shape index (κ1) is 15.7. The molecule has 4 rings (SSSR count). The van der Waals surface area contributed by atoms with E-state index in [9.17, 15) is 9.59 Å². The molecule has 25 heavy (non-hydrogen) atoms. The largest absolute Gasteiger partial charge is 0.368 e. The van der Waals surface area contributed by atoms with E-state index < -0.39 is 0 Å². The first-order valence-corrected chi connectivity index (χ1v) is 8.67. The molecule has 0 atom stereocenters. The van der Waals surface area contributed by atoms with Crippen LogP contribution in [-0.2, 0) is 11.3 Å². The van der Waals surface area contributed by atoms with Crippen LogP contribution in [0.2, 0.25) is 0 Å². The molecule has 0 bridgehead atoms. The minimum absolute atomic E-state index is 0.0353. The summed E-state index contributed by atoms with van der Waals surface area (Å²) in [7, 11) is 0. The lowest BCUT2D eigenvalue weighted by Crippen LogP contribution is -2.51. The van der Waals surface area contributed by atoms with E-state index >= 15 is 0 Å². The summed E-state index contributed by atoms with van der Waals surface area (Å²) in [5, 5.41) is 0. The molecule has 0 spiro atoms. The van der Waals surface area contributed by atoms with Gasteiger partial charge < -0.3 is 14.7 Å². The average Bonchev–Trinajstić information content (AvgIpc) is 2.98. The fourth-order valence-electron chi connectivity index (χ4n) is 3.56. The summed E-state index contributed by atoms with van der Waals surface area (Å²) in [5.74, 6) is 0.000685. The van der Waals surface area contributed by atoms with Crippen LogP contribution in [0, 0.1) is 0 Å². The Morgan fingerprint density at radius 3 is 2.28 bits per heavy atom. The molecule has 1 saturated heterocycles. The molecule has 0 aliphatic carbocycles. The zero-order valence-electron chi connectivity index (χ0n) is 14.1. The van der Waals surface area contributed by atoms with E-state index in [4.69, 9.17) is 0 Å². The molecule has 0 unspecified atom stereocenters. The van der Waals surface area contributed by atoms with Crippen molar-refractivity contribution in [3.8, 4) is 0 Å². The summed E-state index contributed by atoms with van der Waals surface area (Å²) in [6.45, 7) is 3.74. The zero-order chi connectivity index (χ0) is 17.2. The lowest BCUT2D eigenvalue weighted by molar-refractivity contribution is -0.132. The Bertz CT molecular complexity index is 783. The van der Waals surface area contributed by atoms with Crippen molar-refractivity contribution in [3.63, 3.8) is 0 Å². The number of piperazine rings is 1. The predicted molar refractivity (Wildman–Crippen MR) is 96.4 cm³/mol. The number of fused-ring (bicyclic) bond motifs is 1. The molecule has 2 aliphatic heterocycles. The first-order valence-electron chi connectivity index (χ1n) is 8.67.